The highest BCUT2D eigenvalue weighted by molar-refractivity contribution is 5.85. The minimum Gasteiger partial charge on any atom is -0.475 e. The zero-order valence-electron chi connectivity index (χ0n) is 6.70. The summed E-state index contributed by atoms with van der Waals surface area (Å²) in [7, 11) is 0. The molecule has 0 amide bonds. The van der Waals surface area contributed by atoms with E-state index in [9.17, 15) is 4.79 Å². The van der Waals surface area contributed by atoms with Crippen LogP contribution in [0, 0.1) is 0 Å². The van der Waals surface area contributed by atoms with E-state index in [0.29, 0.717) is 18.0 Å². The molecular weight excluding hydrogens is 160 g/mol. The molecule has 3 N–H and O–H groups in total. The average Bonchev–Trinajstić information content (AvgIpc) is 2.47. The summed E-state index contributed by atoms with van der Waals surface area (Å²) in [6.07, 6.45) is 0.570. The Morgan fingerprint density at radius 1 is 1.75 bits per heavy atom. The summed E-state index contributed by atoms with van der Waals surface area (Å²) in [4.78, 5) is 14.4. The van der Waals surface area contributed by atoms with Gasteiger partial charge in [0, 0.05) is 13.0 Å². The molecule has 1 aromatic heterocycles. The number of rotatable bonds is 3. The highest BCUT2D eigenvalue weighted by Gasteiger charge is 2.16. The third-order valence-corrected chi connectivity index (χ3v) is 1.43. The van der Waals surface area contributed by atoms with Crippen molar-refractivity contribution >= 4 is 5.97 Å². The van der Waals surface area contributed by atoms with Crippen molar-refractivity contribution in [3.05, 3.63) is 17.3 Å². The summed E-state index contributed by atoms with van der Waals surface area (Å²) in [5, 5.41) is 8.62. The van der Waals surface area contributed by atoms with E-state index in [1.807, 2.05) is 6.92 Å². The van der Waals surface area contributed by atoms with Gasteiger partial charge in [-0.2, -0.15) is 0 Å². The number of hydrogen-bond donors (Lipinski definition) is 2. The molecule has 66 valence electrons. The van der Waals surface area contributed by atoms with Gasteiger partial charge in [-0.3, -0.25) is 0 Å². The van der Waals surface area contributed by atoms with E-state index in [1.54, 1.807) is 0 Å². The normalized spacial score (nSPS) is 10.2. The van der Waals surface area contributed by atoms with Crippen LogP contribution < -0.4 is 5.73 Å². The molecule has 1 aromatic rings. The molecule has 1 rings (SSSR count). The SMILES string of the molecule is CCc1nc(CN)c(C(=O)O)o1. The van der Waals surface area contributed by atoms with Crippen molar-refractivity contribution in [1.29, 1.82) is 0 Å². The Hall–Kier alpha value is -1.36. The molecule has 0 spiro atoms. The molecule has 0 aliphatic heterocycles. The number of aryl methyl sites for hydroxylation is 1. The van der Waals surface area contributed by atoms with E-state index in [2.05, 4.69) is 4.98 Å². The van der Waals surface area contributed by atoms with E-state index in [-0.39, 0.29) is 12.3 Å². The summed E-state index contributed by atoms with van der Waals surface area (Å²) in [5.74, 6) is -0.857. The van der Waals surface area contributed by atoms with Gasteiger partial charge in [-0.05, 0) is 0 Å². The predicted octanol–water partition coefficient (Wildman–Crippen LogP) is 0.394. The van der Waals surface area contributed by atoms with Crippen LogP contribution in [0.1, 0.15) is 29.1 Å². The molecule has 0 atom stereocenters. The van der Waals surface area contributed by atoms with Gasteiger partial charge in [0.25, 0.3) is 0 Å². The van der Waals surface area contributed by atoms with Gasteiger partial charge >= 0.3 is 5.97 Å². The van der Waals surface area contributed by atoms with Crippen molar-refractivity contribution in [3.63, 3.8) is 0 Å². The van der Waals surface area contributed by atoms with Crippen LogP contribution in [0.3, 0.4) is 0 Å². The number of carboxylic acids is 1. The van der Waals surface area contributed by atoms with Crippen molar-refractivity contribution in [2.45, 2.75) is 19.9 Å². The maximum absolute atomic E-state index is 10.5. The standard InChI is InChI=1S/C7H10N2O3/c1-2-5-9-4(3-8)6(12-5)7(10)11/h2-3,8H2,1H3,(H,10,11). The number of nitrogens with two attached hydrogens (primary N) is 1. The monoisotopic (exact) mass is 170 g/mol. The van der Waals surface area contributed by atoms with Crippen molar-refractivity contribution in [1.82, 2.24) is 4.98 Å². The molecule has 0 unspecified atom stereocenters. The fourth-order valence-corrected chi connectivity index (χ4v) is 0.857. The highest BCUT2D eigenvalue weighted by Crippen LogP contribution is 2.10. The number of aromatic nitrogens is 1. The van der Waals surface area contributed by atoms with Gasteiger partial charge < -0.3 is 15.3 Å². The first-order valence-electron chi connectivity index (χ1n) is 3.61. The Morgan fingerprint density at radius 3 is 2.75 bits per heavy atom. The second-order valence-electron chi connectivity index (χ2n) is 2.25. The maximum atomic E-state index is 10.5. The van der Waals surface area contributed by atoms with Crippen LogP contribution in [-0.2, 0) is 13.0 Å². The van der Waals surface area contributed by atoms with Crippen LogP contribution in [0.25, 0.3) is 0 Å². The van der Waals surface area contributed by atoms with Crippen LogP contribution in [0.4, 0.5) is 0 Å². The summed E-state index contributed by atoms with van der Waals surface area (Å²) >= 11 is 0. The van der Waals surface area contributed by atoms with Gasteiger partial charge in [-0.1, -0.05) is 6.92 Å². The molecule has 0 aliphatic carbocycles. The molecule has 5 heteroatoms. The summed E-state index contributed by atoms with van der Waals surface area (Å²) in [6, 6.07) is 0. The lowest BCUT2D eigenvalue weighted by molar-refractivity contribution is 0.0659. The molecule has 0 bridgehead atoms. The lowest BCUT2D eigenvalue weighted by Crippen LogP contribution is -2.04. The summed E-state index contributed by atoms with van der Waals surface area (Å²) in [5.41, 5.74) is 5.58. The number of carboxylic acid groups (broad SMARTS) is 1. The molecule has 0 saturated heterocycles. The largest absolute Gasteiger partial charge is 0.475 e. The molecule has 5 nitrogen and oxygen atoms in total. The van der Waals surface area contributed by atoms with Gasteiger partial charge in [0.15, 0.2) is 5.89 Å². The van der Waals surface area contributed by atoms with Gasteiger partial charge in [-0.25, -0.2) is 9.78 Å². The lowest BCUT2D eigenvalue weighted by atomic mass is 10.3. The maximum Gasteiger partial charge on any atom is 0.373 e. The molecule has 0 radical (unpaired) electrons. The first-order chi connectivity index (χ1) is 5.69. The van der Waals surface area contributed by atoms with Crippen LogP contribution in [0.5, 0.6) is 0 Å². The fraction of sp³-hybridized carbons (Fsp3) is 0.429. The number of nitrogens with zero attached hydrogens (tertiary/aromatic N) is 1. The van der Waals surface area contributed by atoms with Crippen LogP contribution in [-0.4, -0.2) is 16.1 Å². The fourth-order valence-electron chi connectivity index (χ4n) is 0.857. The zero-order chi connectivity index (χ0) is 9.14. The second kappa shape index (κ2) is 3.36. The van der Waals surface area contributed by atoms with Crippen LogP contribution in [0.15, 0.2) is 4.42 Å². The first-order valence-corrected chi connectivity index (χ1v) is 3.61. The van der Waals surface area contributed by atoms with Crippen molar-refractivity contribution in [3.8, 4) is 0 Å². The van der Waals surface area contributed by atoms with E-state index < -0.39 is 5.97 Å². The highest BCUT2D eigenvalue weighted by atomic mass is 16.4. The van der Waals surface area contributed by atoms with E-state index in [1.165, 1.54) is 0 Å². The Bertz CT molecular complexity index is 293. The van der Waals surface area contributed by atoms with Gasteiger partial charge in [-0.15, -0.1) is 0 Å². The number of carbonyl (C=O) groups is 1. The predicted molar refractivity (Wildman–Crippen MR) is 40.7 cm³/mol. The van der Waals surface area contributed by atoms with Crippen molar-refractivity contribution < 1.29 is 14.3 Å². The Balaban J connectivity index is 3.08. The smallest absolute Gasteiger partial charge is 0.373 e. The van der Waals surface area contributed by atoms with Crippen molar-refractivity contribution in [2.75, 3.05) is 0 Å². The third kappa shape index (κ3) is 1.45. The van der Waals surface area contributed by atoms with Crippen LogP contribution >= 0.6 is 0 Å². The topological polar surface area (TPSA) is 89.3 Å². The molecule has 0 fully saturated rings. The number of aromatic carboxylic acids is 1. The molecule has 12 heavy (non-hydrogen) atoms. The molecule has 0 saturated carbocycles. The molecular formula is C7H10N2O3. The van der Waals surface area contributed by atoms with E-state index in [4.69, 9.17) is 15.3 Å². The van der Waals surface area contributed by atoms with Gasteiger partial charge in [0.2, 0.25) is 5.76 Å². The molecule has 0 aromatic carbocycles. The number of hydrogen-bond acceptors (Lipinski definition) is 4. The lowest BCUT2D eigenvalue weighted by Gasteiger charge is -1.88. The Labute approximate surface area is 69.2 Å². The third-order valence-electron chi connectivity index (χ3n) is 1.43. The number of oxazole rings is 1. The Morgan fingerprint density at radius 2 is 2.42 bits per heavy atom. The van der Waals surface area contributed by atoms with Crippen LogP contribution in [0.2, 0.25) is 0 Å². The molecule has 0 aliphatic rings. The van der Waals surface area contributed by atoms with E-state index >= 15 is 0 Å². The van der Waals surface area contributed by atoms with Gasteiger partial charge in [0.05, 0.1) is 0 Å². The Kier molecular flexibility index (Phi) is 2.44. The van der Waals surface area contributed by atoms with Gasteiger partial charge in [0.1, 0.15) is 5.69 Å². The average molecular weight is 170 g/mol. The first kappa shape index (κ1) is 8.73. The second-order valence-corrected chi connectivity index (χ2v) is 2.25. The quantitative estimate of drug-likeness (QED) is 0.685. The van der Waals surface area contributed by atoms with E-state index in [0.717, 1.165) is 0 Å². The minimum atomic E-state index is -1.12. The minimum absolute atomic E-state index is 0.0884. The summed E-state index contributed by atoms with van der Waals surface area (Å²) < 4.78 is 4.93. The summed E-state index contributed by atoms with van der Waals surface area (Å²) in [6.45, 7) is 1.92. The molecule has 1 heterocycles. The zero-order valence-corrected chi connectivity index (χ0v) is 6.70. The van der Waals surface area contributed by atoms with Crippen molar-refractivity contribution in [2.24, 2.45) is 5.73 Å².